The number of hydrogen-bond acceptors (Lipinski definition) is 4. The number of carbonyl (C=O) groups excluding carboxylic acids is 1. The first kappa shape index (κ1) is 19.2. The van der Waals surface area contributed by atoms with Crippen molar-refractivity contribution in [3.63, 3.8) is 0 Å². The molecule has 0 fully saturated rings. The Hall–Kier alpha value is -3.81. The van der Waals surface area contributed by atoms with Crippen LogP contribution >= 0.6 is 0 Å². The number of aromatic nitrogens is 3. The summed E-state index contributed by atoms with van der Waals surface area (Å²) in [5.74, 6) is -1.18. The van der Waals surface area contributed by atoms with Gasteiger partial charge in [-0.1, -0.05) is 12.1 Å². The maximum absolute atomic E-state index is 14.0. The summed E-state index contributed by atoms with van der Waals surface area (Å²) in [5.41, 5.74) is 10.8. The van der Waals surface area contributed by atoms with Crippen LogP contribution in [0.2, 0.25) is 0 Å². The van der Waals surface area contributed by atoms with Crippen LogP contribution < -0.4 is 10.6 Å². The summed E-state index contributed by atoms with van der Waals surface area (Å²) in [6.45, 7) is 0.515. The number of benzene rings is 2. The number of amides is 1. The van der Waals surface area contributed by atoms with E-state index >= 15 is 0 Å². The summed E-state index contributed by atoms with van der Waals surface area (Å²) in [4.78, 5) is 22.9. The molecule has 0 spiro atoms. The van der Waals surface area contributed by atoms with E-state index in [2.05, 4.69) is 9.97 Å². The average molecular weight is 419 g/mol. The van der Waals surface area contributed by atoms with E-state index in [9.17, 15) is 13.6 Å². The van der Waals surface area contributed by atoms with Gasteiger partial charge in [0.15, 0.2) is 0 Å². The molecule has 0 saturated heterocycles. The maximum Gasteiger partial charge on any atom is 0.231 e. The lowest BCUT2D eigenvalue weighted by atomic mass is 10.0. The van der Waals surface area contributed by atoms with Gasteiger partial charge in [0.1, 0.15) is 29.4 Å². The fourth-order valence-electron chi connectivity index (χ4n) is 4.21. The number of halogens is 2. The first-order valence-corrected chi connectivity index (χ1v) is 9.85. The van der Waals surface area contributed by atoms with Gasteiger partial charge in [0.05, 0.1) is 11.8 Å². The van der Waals surface area contributed by atoms with Gasteiger partial charge in [0.25, 0.3) is 0 Å². The lowest BCUT2D eigenvalue weighted by molar-refractivity contribution is -0.117. The van der Waals surface area contributed by atoms with E-state index in [4.69, 9.17) is 5.73 Å². The van der Waals surface area contributed by atoms with Gasteiger partial charge < -0.3 is 15.2 Å². The molecule has 0 saturated carbocycles. The molecule has 2 N–H and O–H groups in total. The van der Waals surface area contributed by atoms with E-state index in [0.29, 0.717) is 18.8 Å². The van der Waals surface area contributed by atoms with Crippen LogP contribution in [0.3, 0.4) is 0 Å². The Balaban J connectivity index is 1.46. The monoisotopic (exact) mass is 419 g/mol. The molecule has 1 aliphatic rings. The summed E-state index contributed by atoms with van der Waals surface area (Å²) in [6, 6.07) is 9.15. The highest BCUT2D eigenvalue weighted by Crippen LogP contribution is 2.37. The van der Waals surface area contributed by atoms with E-state index in [0.717, 1.165) is 45.5 Å². The van der Waals surface area contributed by atoms with Gasteiger partial charge in [-0.2, -0.15) is 0 Å². The van der Waals surface area contributed by atoms with Crippen molar-refractivity contribution in [2.75, 3.05) is 17.2 Å². The Labute approximate surface area is 176 Å². The number of hydrogen-bond donors (Lipinski definition) is 1. The van der Waals surface area contributed by atoms with Crippen LogP contribution in [0.25, 0.3) is 22.2 Å². The second kappa shape index (κ2) is 7.16. The predicted octanol–water partition coefficient (Wildman–Crippen LogP) is 3.63. The van der Waals surface area contributed by atoms with E-state index in [1.165, 1.54) is 12.4 Å². The fourth-order valence-corrected chi connectivity index (χ4v) is 4.21. The Kier molecular flexibility index (Phi) is 4.43. The Morgan fingerprint density at radius 2 is 2.00 bits per heavy atom. The summed E-state index contributed by atoms with van der Waals surface area (Å²) in [5, 5.41) is 0.794. The molecule has 156 valence electrons. The zero-order valence-electron chi connectivity index (χ0n) is 16.8. The SMILES string of the molecule is Cn1cc(-c2ccc3c(c2)CCN3C(=O)Cc2ccc(F)cc2F)c2c(N)ncnc21. The molecule has 0 atom stereocenters. The van der Waals surface area contributed by atoms with Crippen LogP contribution in [0.5, 0.6) is 0 Å². The third-order valence-corrected chi connectivity index (χ3v) is 5.73. The standard InChI is InChI=1S/C23H19F2N5O/c1-29-11-17(21-22(26)27-12-28-23(21)29)13-3-5-19-15(8-13)6-7-30(19)20(31)9-14-2-4-16(24)10-18(14)25/h2-5,8,10-12H,6-7,9H2,1H3,(H2,26,27,28). The van der Waals surface area contributed by atoms with Crippen molar-refractivity contribution in [2.24, 2.45) is 7.05 Å². The Morgan fingerprint density at radius 1 is 1.16 bits per heavy atom. The second-order valence-corrected chi connectivity index (χ2v) is 7.66. The fraction of sp³-hybridized carbons (Fsp3) is 0.174. The topological polar surface area (TPSA) is 77.0 Å². The maximum atomic E-state index is 14.0. The molecule has 2 aromatic heterocycles. The molecule has 2 aromatic carbocycles. The smallest absolute Gasteiger partial charge is 0.231 e. The molecule has 1 amide bonds. The largest absolute Gasteiger partial charge is 0.383 e. The molecular formula is C23H19F2N5O. The summed E-state index contributed by atoms with van der Waals surface area (Å²) in [6.07, 6.45) is 3.98. The molecular weight excluding hydrogens is 400 g/mol. The van der Waals surface area contributed by atoms with Gasteiger partial charge in [-0.25, -0.2) is 18.7 Å². The molecule has 6 nitrogen and oxygen atoms in total. The second-order valence-electron chi connectivity index (χ2n) is 7.66. The number of nitrogens with zero attached hydrogens (tertiary/aromatic N) is 4. The molecule has 0 bridgehead atoms. The van der Waals surface area contributed by atoms with Gasteiger partial charge in [0, 0.05) is 37.1 Å². The first-order chi connectivity index (χ1) is 14.9. The van der Waals surface area contributed by atoms with Crippen molar-refractivity contribution in [3.8, 4) is 11.1 Å². The quantitative estimate of drug-likeness (QED) is 0.550. The number of fused-ring (bicyclic) bond motifs is 2. The highest BCUT2D eigenvalue weighted by molar-refractivity contribution is 6.02. The van der Waals surface area contributed by atoms with Gasteiger partial charge >= 0.3 is 0 Å². The molecule has 5 rings (SSSR count). The average Bonchev–Trinajstić information content (AvgIpc) is 3.32. The van der Waals surface area contributed by atoms with E-state index in [-0.39, 0.29) is 17.9 Å². The lowest BCUT2D eigenvalue weighted by Crippen LogP contribution is -2.30. The number of nitrogen functional groups attached to an aromatic ring is 1. The minimum absolute atomic E-state index is 0.121. The van der Waals surface area contributed by atoms with E-state index < -0.39 is 11.6 Å². The van der Waals surface area contributed by atoms with Crippen LogP contribution in [0.15, 0.2) is 48.9 Å². The normalized spacial score (nSPS) is 13.1. The molecule has 8 heteroatoms. The van der Waals surface area contributed by atoms with Gasteiger partial charge in [-0.3, -0.25) is 4.79 Å². The third kappa shape index (κ3) is 3.20. The summed E-state index contributed by atoms with van der Waals surface area (Å²) in [7, 11) is 1.90. The minimum atomic E-state index is -0.709. The molecule has 0 unspecified atom stereocenters. The molecule has 1 aliphatic heterocycles. The van der Waals surface area contributed by atoms with Crippen molar-refractivity contribution in [2.45, 2.75) is 12.8 Å². The van der Waals surface area contributed by atoms with Gasteiger partial charge in [-0.15, -0.1) is 0 Å². The summed E-state index contributed by atoms with van der Waals surface area (Å²) < 4.78 is 29.0. The van der Waals surface area contributed by atoms with Crippen LogP contribution in [0.1, 0.15) is 11.1 Å². The lowest BCUT2D eigenvalue weighted by Gasteiger charge is -2.18. The van der Waals surface area contributed by atoms with Crippen molar-refractivity contribution in [1.82, 2.24) is 14.5 Å². The van der Waals surface area contributed by atoms with Crippen molar-refractivity contribution >= 4 is 28.4 Å². The number of anilines is 2. The zero-order valence-corrected chi connectivity index (χ0v) is 16.8. The predicted molar refractivity (Wildman–Crippen MR) is 114 cm³/mol. The first-order valence-electron chi connectivity index (χ1n) is 9.85. The van der Waals surface area contributed by atoms with E-state index in [1.807, 2.05) is 36.0 Å². The highest BCUT2D eigenvalue weighted by Gasteiger charge is 2.26. The highest BCUT2D eigenvalue weighted by atomic mass is 19.1. The molecule has 4 aromatic rings. The number of carbonyl (C=O) groups is 1. The molecule has 3 heterocycles. The Morgan fingerprint density at radius 3 is 2.81 bits per heavy atom. The number of nitrogens with two attached hydrogens (primary N) is 1. The summed E-state index contributed by atoms with van der Waals surface area (Å²) >= 11 is 0. The molecule has 0 radical (unpaired) electrons. The Bertz CT molecular complexity index is 1350. The van der Waals surface area contributed by atoms with Crippen LogP contribution in [0.4, 0.5) is 20.3 Å². The van der Waals surface area contributed by atoms with Crippen LogP contribution in [-0.2, 0) is 24.7 Å². The molecule has 0 aliphatic carbocycles. The molecule has 31 heavy (non-hydrogen) atoms. The van der Waals surface area contributed by atoms with Crippen molar-refractivity contribution in [3.05, 3.63) is 71.7 Å². The minimum Gasteiger partial charge on any atom is -0.383 e. The van der Waals surface area contributed by atoms with Gasteiger partial charge in [-0.05, 0) is 41.3 Å². The van der Waals surface area contributed by atoms with Gasteiger partial charge in [0.2, 0.25) is 5.91 Å². The van der Waals surface area contributed by atoms with Crippen LogP contribution in [0, 0.1) is 11.6 Å². The van der Waals surface area contributed by atoms with Crippen LogP contribution in [-0.4, -0.2) is 27.0 Å². The number of aryl methyl sites for hydroxylation is 1. The number of rotatable bonds is 3. The van der Waals surface area contributed by atoms with Crippen molar-refractivity contribution < 1.29 is 13.6 Å². The van der Waals surface area contributed by atoms with Crippen molar-refractivity contribution in [1.29, 1.82) is 0 Å². The van der Waals surface area contributed by atoms with E-state index in [1.54, 1.807) is 4.90 Å². The zero-order chi connectivity index (χ0) is 21.7. The third-order valence-electron chi connectivity index (χ3n) is 5.73.